The second-order valence-electron chi connectivity index (χ2n) is 7.09. The van der Waals surface area contributed by atoms with Gasteiger partial charge in [0, 0.05) is 32.2 Å². The molecule has 2 fully saturated rings. The van der Waals surface area contributed by atoms with Crippen LogP contribution in [0.3, 0.4) is 0 Å². The largest absolute Gasteiger partial charge is 0.493 e. The van der Waals surface area contributed by atoms with Crippen molar-refractivity contribution in [2.45, 2.75) is 38.1 Å². The number of piperazine rings is 1. The van der Waals surface area contributed by atoms with Gasteiger partial charge in [0.15, 0.2) is 11.5 Å². The first-order valence-corrected chi connectivity index (χ1v) is 9.53. The van der Waals surface area contributed by atoms with Crippen LogP contribution in [0.5, 0.6) is 17.2 Å². The highest BCUT2D eigenvalue weighted by Gasteiger charge is 2.32. The molecular weight excluding hydrogens is 316 g/mol. The van der Waals surface area contributed by atoms with Crippen LogP contribution in [0.15, 0.2) is 12.1 Å². The third-order valence-corrected chi connectivity index (χ3v) is 5.67. The van der Waals surface area contributed by atoms with Gasteiger partial charge in [-0.3, -0.25) is 4.90 Å². The first kappa shape index (κ1) is 18.3. The van der Waals surface area contributed by atoms with E-state index in [1.165, 1.54) is 37.7 Å². The molecule has 1 aromatic rings. The molecule has 1 saturated heterocycles. The quantitative estimate of drug-likeness (QED) is 0.855. The Bertz CT molecular complexity index is 509. The van der Waals surface area contributed by atoms with Gasteiger partial charge < -0.3 is 19.5 Å². The predicted molar refractivity (Wildman–Crippen MR) is 99.9 cm³/mol. The molecule has 3 rings (SSSR count). The number of hydrogen-bond donors (Lipinski definition) is 1. The van der Waals surface area contributed by atoms with Gasteiger partial charge in [-0.25, -0.2) is 0 Å². The summed E-state index contributed by atoms with van der Waals surface area (Å²) in [5, 5.41) is 3.48. The Hall–Kier alpha value is -1.46. The molecule has 1 atom stereocenters. The van der Waals surface area contributed by atoms with E-state index in [2.05, 4.69) is 22.3 Å². The first-order valence-electron chi connectivity index (χ1n) is 9.53. The molecule has 25 heavy (non-hydrogen) atoms. The van der Waals surface area contributed by atoms with E-state index in [1.807, 2.05) is 0 Å². The van der Waals surface area contributed by atoms with Crippen molar-refractivity contribution in [1.29, 1.82) is 0 Å². The van der Waals surface area contributed by atoms with Crippen LogP contribution in [-0.2, 0) is 0 Å². The van der Waals surface area contributed by atoms with Crippen molar-refractivity contribution >= 4 is 0 Å². The van der Waals surface area contributed by atoms with Crippen LogP contribution >= 0.6 is 0 Å². The minimum atomic E-state index is 0.427. The van der Waals surface area contributed by atoms with Crippen molar-refractivity contribution in [3.63, 3.8) is 0 Å². The van der Waals surface area contributed by atoms with Crippen molar-refractivity contribution in [2.75, 3.05) is 47.5 Å². The Kier molecular flexibility index (Phi) is 6.43. The summed E-state index contributed by atoms with van der Waals surface area (Å²) in [5.41, 5.74) is 1.29. The van der Waals surface area contributed by atoms with Crippen molar-refractivity contribution in [3.8, 4) is 17.2 Å². The summed E-state index contributed by atoms with van der Waals surface area (Å²) in [6.45, 7) is 4.32. The number of methoxy groups -OCH3 is 3. The maximum Gasteiger partial charge on any atom is 0.203 e. The number of nitrogens with zero attached hydrogens (tertiary/aromatic N) is 1. The minimum absolute atomic E-state index is 0.427. The van der Waals surface area contributed by atoms with Gasteiger partial charge >= 0.3 is 0 Å². The monoisotopic (exact) mass is 348 g/mol. The van der Waals surface area contributed by atoms with Crippen LogP contribution in [-0.4, -0.2) is 52.4 Å². The Morgan fingerprint density at radius 3 is 2.04 bits per heavy atom. The molecule has 1 saturated carbocycles. The molecule has 5 nitrogen and oxygen atoms in total. The zero-order valence-corrected chi connectivity index (χ0v) is 15.8. The summed E-state index contributed by atoms with van der Waals surface area (Å²) in [4.78, 5) is 2.65. The van der Waals surface area contributed by atoms with Gasteiger partial charge in [0.1, 0.15) is 0 Å². The summed E-state index contributed by atoms with van der Waals surface area (Å²) in [6, 6.07) is 4.74. The fourth-order valence-electron chi connectivity index (χ4n) is 4.46. The number of hydrogen-bond acceptors (Lipinski definition) is 5. The average molecular weight is 348 g/mol. The number of rotatable bonds is 6. The Labute approximate surface area is 151 Å². The Balaban J connectivity index is 1.99. The van der Waals surface area contributed by atoms with Crippen molar-refractivity contribution < 1.29 is 14.2 Å². The van der Waals surface area contributed by atoms with Gasteiger partial charge in [0.25, 0.3) is 0 Å². The maximum absolute atomic E-state index is 5.61. The lowest BCUT2D eigenvalue weighted by Gasteiger charge is -2.41. The van der Waals surface area contributed by atoms with Crippen LogP contribution in [0.1, 0.15) is 43.7 Å². The van der Waals surface area contributed by atoms with Crippen LogP contribution in [0, 0.1) is 5.92 Å². The van der Waals surface area contributed by atoms with E-state index in [0.717, 1.165) is 37.7 Å². The van der Waals surface area contributed by atoms with Gasteiger partial charge in [0.05, 0.1) is 21.3 Å². The molecule has 5 heteroatoms. The fraction of sp³-hybridized carbons (Fsp3) is 0.700. The second kappa shape index (κ2) is 8.77. The lowest BCUT2D eigenvalue weighted by atomic mass is 9.80. The molecule has 1 aliphatic heterocycles. The van der Waals surface area contributed by atoms with Crippen molar-refractivity contribution in [1.82, 2.24) is 10.2 Å². The average Bonchev–Trinajstić information content (AvgIpc) is 2.69. The third kappa shape index (κ3) is 4.04. The summed E-state index contributed by atoms with van der Waals surface area (Å²) in [5.74, 6) is 2.90. The summed E-state index contributed by atoms with van der Waals surface area (Å²) in [7, 11) is 5.05. The molecule has 1 aliphatic carbocycles. The zero-order valence-electron chi connectivity index (χ0n) is 15.8. The standard InChI is InChI=1S/C20H32N2O3/c1-23-17-13-16(14-18(24-2)20(17)25-3)19(15-7-5-4-6-8-15)22-11-9-21-10-12-22/h13-15,19,21H,4-12H2,1-3H3/t19-/m0/s1. The smallest absolute Gasteiger partial charge is 0.203 e. The molecule has 0 radical (unpaired) electrons. The molecule has 0 unspecified atom stereocenters. The Morgan fingerprint density at radius 1 is 0.920 bits per heavy atom. The summed E-state index contributed by atoms with van der Waals surface area (Å²) < 4.78 is 16.7. The van der Waals surface area contributed by atoms with Gasteiger partial charge in [-0.15, -0.1) is 0 Å². The maximum atomic E-state index is 5.61. The van der Waals surface area contributed by atoms with Crippen molar-refractivity contribution in [3.05, 3.63) is 17.7 Å². The summed E-state index contributed by atoms with van der Waals surface area (Å²) in [6.07, 6.45) is 6.69. The van der Waals surface area contributed by atoms with E-state index in [0.29, 0.717) is 17.7 Å². The molecule has 1 aromatic carbocycles. The second-order valence-corrected chi connectivity index (χ2v) is 7.09. The molecule has 1 heterocycles. The van der Waals surface area contributed by atoms with Crippen LogP contribution in [0.2, 0.25) is 0 Å². The van der Waals surface area contributed by atoms with Gasteiger partial charge in [-0.05, 0) is 36.5 Å². The summed E-state index contributed by atoms with van der Waals surface area (Å²) >= 11 is 0. The molecule has 2 aliphatic rings. The zero-order chi connectivity index (χ0) is 17.6. The van der Waals surface area contributed by atoms with Gasteiger partial charge in [-0.1, -0.05) is 19.3 Å². The lowest BCUT2D eigenvalue weighted by molar-refractivity contribution is 0.103. The van der Waals surface area contributed by atoms with E-state index in [9.17, 15) is 0 Å². The van der Waals surface area contributed by atoms with E-state index in [-0.39, 0.29) is 0 Å². The van der Waals surface area contributed by atoms with Crippen LogP contribution in [0.25, 0.3) is 0 Å². The van der Waals surface area contributed by atoms with E-state index < -0.39 is 0 Å². The highest BCUT2D eigenvalue weighted by atomic mass is 16.5. The van der Waals surface area contributed by atoms with E-state index in [4.69, 9.17) is 14.2 Å². The number of nitrogens with one attached hydrogen (secondary N) is 1. The van der Waals surface area contributed by atoms with E-state index in [1.54, 1.807) is 21.3 Å². The molecule has 0 amide bonds. The molecule has 140 valence electrons. The lowest BCUT2D eigenvalue weighted by Crippen LogP contribution is -2.47. The number of ether oxygens (including phenoxy) is 3. The molecule has 0 bridgehead atoms. The van der Waals surface area contributed by atoms with Crippen molar-refractivity contribution in [2.24, 2.45) is 5.92 Å². The first-order chi connectivity index (χ1) is 12.3. The fourth-order valence-corrected chi connectivity index (χ4v) is 4.46. The van der Waals surface area contributed by atoms with Gasteiger partial charge in [-0.2, -0.15) is 0 Å². The number of benzene rings is 1. The Morgan fingerprint density at radius 2 is 1.52 bits per heavy atom. The molecular formula is C20H32N2O3. The molecule has 1 N–H and O–H groups in total. The highest BCUT2D eigenvalue weighted by molar-refractivity contribution is 5.54. The SMILES string of the molecule is COc1cc([C@H](C2CCCCC2)N2CCNCC2)cc(OC)c1OC. The topological polar surface area (TPSA) is 43.0 Å². The van der Waals surface area contributed by atoms with E-state index >= 15 is 0 Å². The third-order valence-electron chi connectivity index (χ3n) is 5.67. The highest BCUT2D eigenvalue weighted by Crippen LogP contribution is 2.45. The van der Waals surface area contributed by atoms with Crippen LogP contribution < -0.4 is 19.5 Å². The normalized spacial score (nSPS) is 20.9. The predicted octanol–water partition coefficient (Wildman–Crippen LogP) is 3.24. The molecule has 0 aromatic heterocycles. The van der Waals surface area contributed by atoms with Gasteiger partial charge in [0.2, 0.25) is 5.75 Å². The molecule has 0 spiro atoms. The van der Waals surface area contributed by atoms with Crippen LogP contribution in [0.4, 0.5) is 0 Å². The minimum Gasteiger partial charge on any atom is -0.493 e.